The molecule has 1 amide bonds. The third kappa shape index (κ3) is 6.43. The molecule has 0 radical (unpaired) electrons. The summed E-state index contributed by atoms with van der Waals surface area (Å²) >= 11 is 0. The number of nitrogens with one attached hydrogen (secondary N) is 1. The molecular weight excluding hydrogens is 196 g/mol. The molecule has 0 saturated heterocycles. The first-order valence-electron chi connectivity index (χ1n) is 5.11. The maximum atomic E-state index is 11.5. The van der Waals surface area contributed by atoms with E-state index >= 15 is 0 Å². The summed E-state index contributed by atoms with van der Waals surface area (Å²) in [5, 5.41) is 11.1. The third-order valence-electron chi connectivity index (χ3n) is 2.00. The van der Waals surface area contributed by atoms with Gasteiger partial charge in [-0.3, -0.25) is 4.79 Å². The lowest BCUT2D eigenvalue weighted by molar-refractivity contribution is -0.124. The van der Waals surface area contributed by atoms with E-state index in [1.54, 1.807) is 0 Å². The van der Waals surface area contributed by atoms with Crippen molar-refractivity contribution in [3.8, 4) is 0 Å². The maximum absolute atomic E-state index is 11.5. The molecule has 0 aliphatic rings. The lowest BCUT2D eigenvalue weighted by Crippen LogP contribution is -2.49. The van der Waals surface area contributed by atoms with Crippen LogP contribution in [0, 0.1) is 5.41 Å². The van der Waals surface area contributed by atoms with Crippen molar-refractivity contribution in [3.63, 3.8) is 0 Å². The Balaban J connectivity index is 3.66. The van der Waals surface area contributed by atoms with Crippen LogP contribution in [-0.2, 0) is 9.53 Å². The van der Waals surface area contributed by atoms with E-state index in [0.717, 1.165) is 0 Å². The Bertz CT molecular complexity index is 190. The molecule has 0 aromatic carbocycles. The van der Waals surface area contributed by atoms with Gasteiger partial charge in [-0.1, -0.05) is 20.8 Å². The predicted octanol–water partition coefficient (Wildman–Crippen LogP) is -0.515. The van der Waals surface area contributed by atoms with E-state index in [-0.39, 0.29) is 17.9 Å². The van der Waals surface area contributed by atoms with Crippen LogP contribution in [0.3, 0.4) is 0 Å². The molecule has 0 aliphatic heterocycles. The summed E-state index contributed by atoms with van der Waals surface area (Å²) in [6.07, 6.45) is 0. The van der Waals surface area contributed by atoms with Crippen LogP contribution >= 0.6 is 0 Å². The highest BCUT2D eigenvalue weighted by molar-refractivity contribution is 5.82. The number of nitrogens with two attached hydrogens (primary N) is 1. The molecule has 0 spiro atoms. The van der Waals surface area contributed by atoms with Gasteiger partial charge in [0.15, 0.2) is 0 Å². The molecule has 1 unspecified atom stereocenters. The number of carbonyl (C=O) groups is 1. The molecule has 0 bridgehead atoms. The fourth-order valence-corrected chi connectivity index (χ4v) is 0.916. The van der Waals surface area contributed by atoms with E-state index in [9.17, 15) is 4.79 Å². The Morgan fingerprint density at radius 2 is 2.07 bits per heavy atom. The number of hydrogen-bond acceptors (Lipinski definition) is 4. The smallest absolute Gasteiger partial charge is 0.237 e. The van der Waals surface area contributed by atoms with Crippen molar-refractivity contribution in [3.05, 3.63) is 0 Å². The molecule has 5 nitrogen and oxygen atoms in total. The zero-order valence-corrected chi connectivity index (χ0v) is 9.75. The molecular formula is C10H22N2O3. The Morgan fingerprint density at radius 1 is 1.47 bits per heavy atom. The van der Waals surface area contributed by atoms with Gasteiger partial charge >= 0.3 is 0 Å². The lowest BCUT2D eigenvalue weighted by Gasteiger charge is -2.25. The topological polar surface area (TPSA) is 84.6 Å². The molecule has 0 aromatic heterocycles. The fourth-order valence-electron chi connectivity index (χ4n) is 0.916. The number of carbonyl (C=O) groups excluding carboxylic acids is 1. The van der Waals surface area contributed by atoms with Crippen molar-refractivity contribution in [2.75, 3.05) is 26.4 Å². The van der Waals surface area contributed by atoms with Crippen LogP contribution in [-0.4, -0.2) is 43.4 Å². The van der Waals surface area contributed by atoms with Crippen molar-refractivity contribution >= 4 is 5.91 Å². The lowest BCUT2D eigenvalue weighted by atomic mass is 9.87. The fraction of sp³-hybridized carbons (Fsp3) is 0.900. The monoisotopic (exact) mass is 218 g/mol. The molecule has 1 atom stereocenters. The maximum Gasteiger partial charge on any atom is 0.237 e. The molecule has 0 saturated carbocycles. The zero-order valence-electron chi connectivity index (χ0n) is 9.75. The summed E-state index contributed by atoms with van der Waals surface area (Å²) in [5.74, 6) is -0.171. The number of amides is 1. The minimum absolute atomic E-state index is 0.00451. The van der Waals surface area contributed by atoms with E-state index in [4.69, 9.17) is 15.6 Å². The van der Waals surface area contributed by atoms with Gasteiger partial charge < -0.3 is 20.9 Å². The van der Waals surface area contributed by atoms with Gasteiger partial charge in [-0.2, -0.15) is 0 Å². The molecule has 5 heteroatoms. The van der Waals surface area contributed by atoms with Crippen LogP contribution in [0.15, 0.2) is 0 Å². The van der Waals surface area contributed by atoms with Gasteiger partial charge in [0, 0.05) is 6.54 Å². The van der Waals surface area contributed by atoms with Crippen LogP contribution in [0.25, 0.3) is 0 Å². The highest BCUT2D eigenvalue weighted by atomic mass is 16.5. The second-order valence-corrected chi connectivity index (χ2v) is 4.47. The van der Waals surface area contributed by atoms with Gasteiger partial charge in [-0.05, 0) is 5.41 Å². The first-order valence-corrected chi connectivity index (χ1v) is 5.11. The minimum Gasteiger partial charge on any atom is -0.394 e. The van der Waals surface area contributed by atoms with Crippen molar-refractivity contribution < 1.29 is 14.6 Å². The molecule has 15 heavy (non-hydrogen) atoms. The second kappa shape index (κ2) is 6.76. The van der Waals surface area contributed by atoms with Crippen LogP contribution < -0.4 is 11.1 Å². The number of hydrogen-bond donors (Lipinski definition) is 3. The average Bonchev–Trinajstić information content (AvgIpc) is 2.14. The SMILES string of the molecule is CC(C)(C)C(N)C(=O)NCCOCCO. The Morgan fingerprint density at radius 3 is 2.53 bits per heavy atom. The van der Waals surface area contributed by atoms with E-state index in [1.165, 1.54) is 0 Å². The number of aliphatic hydroxyl groups excluding tert-OH is 1. The number of ether oxygens (including phenoxy) is 1. The van der Waals surface area contributed by atoms with Crippen molar-refractivity contribution in [1.29, 1.82) is 0 Å². The average molecular weight is 218 g/mol. The Hall–Kier alpha value is -0.650. The van der Waals surface area contributed by atoms with Gasteiger partial charge in [-0.15, -0.1) is 0 Å². The van der Waals surface area contributed by atoms with Gasteiger partial charge in [0.2, 0.25) is 5.91 Å². The summed E-state index contributed by atoms with van der Waals surface area (Å²) < 4.78 is 4.99. The highest BCUT2D eigenvalue weighted by Gasteiger charge is 2.26. The standard InChI is InChI=1S/C10H22N2O3/c1-10(2,3)8(11)9(14)12-4-6-15-7-5-13/h8,13H,4-7,11H2,1-3H3,(H,12,14). The largest absolute Gasteiger partial charge is 0.394 e. The summed E-state index contributed by atoms with van der Waals surface area (Å²) in [4.78, 5) is 11.5. The summed E-state index contributed by atoms with van der Waals surface area (Å²) in [6.45, 7) is 6.85. The third-order valence-corrected chi connectivity index (χ3v) is 2.00. The molecule has 0 fully saturated rings. The van der Waals surface area contributed by atoms with Crippen LogP contribution in [0.2, 0.25) is 0 Å². The summed E-state index contributed by atoms with van der Waals surface area (Å²) in [6, 6.07) is -0.518. The number of rotatable bonds is 6. The Kier molecular flexibility index (Phi) is 6.47. The van der Waals surface area contributed by atoms with E-state index in [2.05, 4.69) is 5.32 Å². The van der Waals surface area contributed by atoms with Crippen LogP contribution in [0.1, 0.15) is 20.8 Å². The van der Waals surface area contributed by atoms with E-state index in [1.807, 2.05) is 20.8 Å². The first-order chi connectivity index (χ1) is 6.89. The molecule has 0 aliphatic carbocycles. The minimum atomic E-state index is -0.518. The van der Waals surface area contributed by atoms with Crippen molar-refractivity contribution in [2.45, 2.75) is 26.8 Å². The quantitative estimate of drug-likeness (QED) is 0.524. The van der Waals surface area contributed by atoms with Gasteiger partial charge in [0.05, 0.1) is 25.9 Å². The Labute approximate surface area is 91.0 Å². The summed E-state index contributed by atoms with van der Waals surface area (Å²) in [5.41, 5.74) is 5.50. The number of aliphatic hydroxyl groups is 1. The molecule has 0 heterocycles. The molecule has 0 aromatic rings. The van der Waals surface area contributed by atoms with Crippen LogP contribution in [0.5, 0.6) is 0 Å². The van der Waals surface area contributed by atoms with E-state index < -0.39 is 6.04 Å². The zero-order chi connectivity index (χ0) is 11.9. The second-order valence-electron chi connectivity index (χ2n) is 4.47. The first kappa shape index (κ1) is 14.3. The molecule has 0 rings (SSSR count). The van der Waals surface area contributed by atoms with Gasteiger partial charge in [0.1, 0.15) is 0 Å². The predicted molar refractivity (Wildman–Crippen MR) is 58.3 cm³/mol. The van der Waals surface area contributed by atoms with Gasteiger partial charge in [-0.25, -0.2) is 0 Å². The van der Waals surface area contributed by atoms with E-state index in [0.29, 0.717) is 19.8 Å². The van der Waals surface area contributed by atoms with Gasteiger partial charge in [0.25, 0.3) is 0 Å². The summed E-state index contributed by atoms with van der Waals surface area (Å²) in [7, 11) is 0. The van der Waals surface area contributed by atoms with Crippen molar-refractivity contribution in [1.82, 2.24) is 5.32 Å². The van der Waals surface area contributed by atoms with Crippen molar-refractivity contribution in [2.24, 2.45) is 11.1 Å². The van der Waals surface area contributed by atoms with Crippen LogP contribution in [0.4, 0.5) is 0 Å². The normalized spacial score (nSPS) is 13.7. The molecule has 4 N–H and O–H groups in total. The molecule has 90 valence electrons. The highest BCUT2D eigenvalue weighted by Crippen LogP contribution is 2.16.